The van der Waals surface area contributed by atoms with E-state index >= 15 is 0 Å². The first-order valence-electron chi connectivity index (χ1n) is 11.0. The van der Waals surface area contributed by atoms with Gasteiger partial charge in [0.05, 0.1) is 43.2 Å². The lowest BCUT2D eigenvalue weighted by atomic mass is 9.92. The molecule has 1 aliphatic rings. The highest BCUT2D eigenvalue weighted by Crippen LogP contribution is 2.37. The number of benzene rings is 1. The predicted molar refractivity (Wildman–Crippen MR) is 121 cm³/mol. The van der Waals surface area contributed by atoms with E-state index in [1.165, 1.54) is 12.1 Å². The molecule has 4 rings (SSSR count). The number of aromatic nitrogens is 4. The molecule has 0 aliphatic heterocycles. The maximum absolute atomic E-state index is 13.5. The number of methoxy groups -OCH3 is 1. The molecule has 32 heavy (non-hydrogen) atoms. The van der Waals surface area contributed by atoms with Crippen LogP contribution in [0.15, 0.2) is 42.9 Å². The Balaban J connectivity index is 1.61. The Morgan fingerprint density at radius 3 is 2.50 bits per heavy atom. The molecule has 0 atom stereocenters. The summed E-state index contributed by atoms with van der Waals surface area (Å²) in [4.78, 5) is 15.6. The Hall–Kier alpha value is -2.84. The summed E-state index contributed by atoms with van der Waals surface area (Å²) in [6, 6.07) is 8.86. The lowest BCUT2D eigenvalue weighted by molar-refractivity contribution is 0.0133. The van der Waals surface area contributed by atoms with Crippen LogP contribution in [0.2, 0.25) is 0 Å². The molecule has 2 heterocycles. The van der Waals surface area contributed by atoms with E-state index in [0.29, 0.717) is 18.2 Å². The molecule has 0 amide bonds. The number of imidazole rings is 1. The van der Waals surface area contributed by atoms with Crippen LogP contribution in [-0.2, 0) is 4.74 Å². The minimum absolute atomic E-state index is 0.272. The molecule has 1 saturated carbocycles. The molecule has 2 aromatic heterocycles. The molecule has 1 aromatic carbocycles. The summed E-state index contributed by atoms with van der Waals surface area (Å²) in [6.45, 7) is 1.69. The molecule has 1 aliphatic carbocycles. The maximum atomic E-state index is 13.5. The summed E-state index contributed by atoms with van der Waals surface area (Å²) in [7, 11) is 5.66. The van der Waals surface area contributed by atoms with Crippen LogP contribution in [0.25, 0.3) is 22.6 Å². The summed E-state index contributed by atoms with van der Waals surface area (Å²) in [5.41, 5.74) is 3.25. The van der Waals surface area contributed by atoms with Crippen molar-refractivity contribution in [2.75, 3.05) is 34.4 Å². The Bertz CT molecular complexity index is 1010. The fourth-order valence-electron chi connectivity index (χ4n) is 4.17. The third kappa shape index (κ3) is 5.14. The van der Waals surface area contributed by atoms with E-state index < -0.39 is 0 Å². The minimum atomic E-state index is -0.272. The smallest absolute Gasteiger partial charge is 0.316 e. The lowest BCUT2D eigenvalue weighted by Crippen LogP contribution is -2.27. The first-order valence-corrected chi connectivity index (χ1v) is 11.0. The molecule has 0 unspecified atom stereocenters. The number of halogens is 1. The molecule has 0 bridgehead atoms. The highest BCUT2D eigenvalue weighted by atomic mass is 19.1. The quantitative estimate of drug-likeness (QED) is 0.524. The molecule has 0 N–H and O–H groups in total. The first kappa shape index (κ1) is 22.4. The van der Waals surface area contributed by atoms with Crippen LogP contribution < -0.4 is 4.74 Å². The van der Waals surface area contributed by atoms with Gasteiger partial charge in [0.15, 0.2) is 0 Å². The molecular weight excluding hydrogens is 409 g/mol. The van der Waals surface area contributed by atoms with Gasteiger partial charge in [-0.3, -0.25) is 0 Å². The topological polar surface area (TPSA) is 65.3 Å². The molecule has 1 fully saturated rings. The van der Waals surface area contributed by atoms with Gasteiger partial charge < -0.3 is 18.9 Å². The zero-order valence-electron chi connectivity index (χ0n) is 18.9. The van der Waals surface area contributed by atoms with Gasteiger partial charge in [-0.2, -0.15) is 4.98 Å². The van der Waals surface area contributed by atoms with Gasteiger partial charge in [-0.1, -0.05) is 0 Å². The van der Waals surface area contributed by atoms with Crippen molar-refractivity contribution >= 4 is 0 Å². The van der Waals surface area contributed by atoms with Crippen LogP contribution in [0.5, 0.6) is 6.01 Å². The van der Waals surface area contributed by atoms with Crippen molar-refractivity contribution in [3.63, 3.8) is 0 Å². The largest absolute Gasteiger partial charge is 0.467 e. The van der Waals surface area contributed by atoms with E-state index in [4.69, 9.17) is 14.5 Å². The van der Waals surface area contributed by atoms with Crippen molar-refractivity contribution in [3.8, 4) is 28.7 Å². The van der Waals surface area contributed by atoms with Gasteiger partial charge in [0.1, 0.15) is 5.82 Å². The monoisotopic (exact) mass is 439 g/mol. The SMILES string of the molecule is COc1nccc(-c2c(-c3ccc(F)cc3)ncn2C2CCC(OCCN(C)C)CC2)n1. The molecular formula is C24H30FN5O2. The van der Waals surface area contributed by atoms with E-state index in [-0.39, 0.29) is 5.82 Å². The number of hydrogen-bond acceptors (Lipinski definition) is 6. The van der Waals surface area contributed by atoms with Crippen LogP contribution in [-0.4, -0.2) is 64.9 Å². The maximum Gasteiger partial charge on any atom is 0.316 e. The predicted octanol–water partition coefficient (Wildman–Crippen LogP) is 4.22. The number of rotatable bonds is 8. The fourth-order valence-corrected chi connectivity index (χ4v) is 4.17. The standard InChI is InChI=1S/C24H30FN5O2/c1-29(2)14-15-32-20-10-8-19(9-11-20)30-16-27-22(17-4-6-18(25)7-5-17)23(30)21-12-13-26-24(28-21)31-3/h4-7,12-13,16,19-20H,8-11,14-15H2,1-3H3. The van der Waals surface area contributed by atoms with Gasteiger partial charge in [-0.15, -0.1) is 0 Å². The van der Waals surface area contributed by atoms with Gasteiger partial charge in [0.2, 0.25) is 0 Å². The van der Waals surface area contributed by atoms with Crippen molar-refractivity contribution in [2.45, 2.75) is 37.8 Å². The first-order chi connectivity index (χ1) is 15.5. The molecule has 3 aromatic rings. The third-order valence-corrected chi connectivity index (χ3v) is 5.90. The second-order valence-corrected chi connectivity index (χ2v) is 8.39. The van der Waals surface area contributed by atoms with Crippen LogP contribution in [0, 0.1) is 5.82 Å². The third-order valence-electron chi connectivity index (χ3n) is 5.90. The molecule has 0 spiro atoms. The van der Waals surface area contributed by atoms with Crippen LogP contribution in [0.3, 0.4) is 0 Å². The molecule has 8 heteroatoms. The van der Waals surface area contributed by atoms with E-state index in [1.54, 1.807) is 25.4 Å². The average Bonchev–Trinajstić information content (AvgIpc) is 3.25. The van der Waals surface area contributed by atoms with Crippen LogP contribution in [0.4, 0.5) is 4.39 Å². The van der Waals surface area contributed by atoms with Gasteiger partial charge in [-0.05, 0) is 70.1 Å². The van der Waals surface area contributed by atoms with Crippen molar-refractivity contribution in [2.24, 2.45) is 0 Å². The number of hydrogen-bond donors (Lipinski definition) is 0. The molecule has 0 radical (unpaired) electrons. The Morgan fingerprint density at radius 1 is 1.06 bits per heavy atom. The summed E-state index contributed by atoms with van der Waals surface area (Å²) in [5.74, 6) is -0.272. The van der Waals surface area contributed by atoms with Gasteiger partial charge in [0, 0.05) is 24.3 Å². The second-order valence-electron chi connectivity index (χ2n) is 8.39. The second kappa shape index (κ2) is 10.2. The highest BCUT2D eigenvalue weighted by molar-refractivity contribution is 5.77. The minimum Gasteiger partial charge on any atom is -0.467 e. The van der Waals surface area contributed by atoms with Gasteiger partial charge >= 0.3 is 6.01 Å². The fraction of sp³-hybridized carbons (Fsp3) is 0.458. The summed E-state index contributed by atoms with van der Waals surface area (Å²) in [6.07, 6.45) is 7.88. The lowest BCUT2D eigenvalue weighted by Gasteiger charge is -2.30. The van der Waals surface area contributed by atoms with E-state index in [2.05, 4.69) is 33.5 Å². The summed E-state index contributed by atoms with van der Waals surface area (Å²) < 4.78 is 27.0. The van der Waals surface area contributed by atoms with Gasteiger partial charge in [0.25, 0.3) is 0 Å². The van der Waals surface area contributed by atoms with Crippen LogP contribution in [0.1, 0.15) is 31.7 Å². The van der Waals surface area contributed by atoms with Crippen molar-refractivity contribution in [1.82, 2.24) is 24.4 Å². The van der Waals surface area contributed by atoms with E-state index in [1.807, 2.05) is 12.4 Å². The Morgan fingerprint density at radius 2 is 1.81 bits per heavy atom. The Kier molecular flexibility index (Phi) is 7.12. The van der Waals surface area contributed by atoms with Crippen molar-refractivity contribution in [1.29, 1.82) is 0 Å². The van der Waals surface area contributed by atoms with Crippen molar-refractivity contribution < 1.29 is 13.9 Å². The van der Waals surface area contributed by atoms with E-state index in [0.717, 1.165) is 61.5 Å². The number of nitrogens with zero attached hydrogens (tertiary/aromatic N) is 5. The zero-order chi connectivity index (χ0) is 22.5. The normalized spacial score (nSPS) is 18.8. The summed E-state index contributed by atoms with van der Waals surface area (Å²) >= 11 is 0. The van der Waals surface area contributed by atoms with Crippen LogP contribution >= 0.6 is 0 Å². The average molecular weight is 440 g/mol. The zero-order valence-corrected chi connectivity index (χ0v) is 18.9. The van der Waals surface area contributed by atoms with Crippen molar-refractivity contribution in [3.05, 3.63) is 48.7 Å². The molecule has 7 nitrogen and oxygen atoms in total. The number of ether oxygens (including phenoxy) is 2. The Labute approximate surface area is 188 Å². The number of likely N-dealkylation sites (N-methyl/N-ethyl adjacent to an activating group) is 1. The van der Waals surface area contributed by atoms with E-state index in [9.17, 15) is 4.39 Å². The molecule has 0 saturated heterocycles. The van der Waals surface area contributed by atoms with Gasteiger partial charge in [-0.25, -0.2) is 14.4 Å². The highest BCUT2D eigenvalue weighted by Gasteiger charge is 2.27. The molecule has 170 valence electrons. The summed E-state index contributed by atoms with van der Waals surface area (Å²) in [5, 5.41) is 0.